The molecule has 0 aromatic carbocycles. The average molecular weight is 203 g/mol. The third-order valence-electron chi connectivity index (χ3n) is 2.34. The zero-order valence-electron chi connectivity index (χ0n) is 10.2. The Morgan fingerprint density at radius 2 is 1.93 bits per heavy atom. The summed E-state index contributed by atoms with van der Waals surface area (Å²) >= 11 is 0. The fourth-order valence-corrected chi connectivity index (χ4v) is 1.45. The maximum absolute atomic E-state index is 5.67. The third kappa shape index (κ3) is 4.94. The Morgan fingerprint density at radius 3 is 2.36 bits per heavy atom. The molecule has 0 saturated heterocycles. The number of hydrogen-bond acceptors (Lipinski definition) is 3. The van der Waals surface area contributed by atoms with Crippen LogP contribution in [0.2, 0.25) is 0 Å². The summed E-state index contributed by atoms with van der Waals surface area (Å²) < 4.78 is 11.2. The van der Waals surface area contributed by atoms with Crippen LogP contribution in [0.15, 0.2) is 0 Å². The van der Waals surface area contributed by atoms with Crippen LogP contribution in [0, 0.1) is 0 Å². The number of ether oxygens (including phenoxy) is 2. The first-order valence-corrected chi connectivity index (χ1v) is 5.47. The minimum absolute atomic E-state index is 0.169. The third-order valence-corrected chi connectivity index (χ3v) is 2.34. The fourth-order valence-electron chi connectivity index (χ4n) is 1.45. The standard InChI is InChI=1S/C11H25NO2/c1-6-8-13-9-10(12-5)11(3,4)14-7-2/h10,12H,6-9H2,1-5H3. The lowest BCUT2D eigenvalue weighted by molar-refractivity contribution is -0.0582. The van der Waals surface area contributed by atoms with Crippen molar-refractivity contribution < 1.29 is 9.47 Å². The van der Waals surface area contributed by atoms with Crippen molar-refractivity contribution in [3.05, 3.63) is 0 Å². The van der Waals surface area contributed by atoms with Gasteiger partial charge in [0, 0.05) is 13.2 Å². The van der Waals surface area contributed by atoms with Gasteiger partial charge in [0.05, 0.1) is 18.2 Å². The van der Waals surface area contributed by atoms with Crippen molar-refractivity contribution in [2.75, 3.05) is 26.9 Å². The molecule has 3 nitrogen and oxygen atoms in total. The van der Waals surface area contributed by atoms with Gasteiger partial charge in [-0.25, -0.2) is 0 Å². The molecule has 0 bridgehead atoms. The molecule has 86 valence electrons. The molecule has 0 saturated carbocycles. The highest BCUT2D eigenvalue weighted by molar-refractivity contribution is 4.84. The van der Waals surface area contributed by atoms with E-state index in [1.54, 1.807) is 0 Å². The van der Waals surface area contributed by atoms with Gasteiger partial charge in [-0.15, -0.1) is 0 Å². The molecule has 0 amide bonds. The molecule has 1 atom stereocenters. The Kier molecular flexibility index (Phi) is 7.15. The zero-order valence-corrected chi connectivity index (χ0v) is 10.2. The second-order valence-electron chi connectivity index (χ2n) is 3.95. The average Bonchev–Trinajstić information content (AvgIpc) is 2.12. The number of rotatable bonds is 8. The first kappa shape index (κ1) is 13.9. The van der Waals surface area contributed by atoms with Crippen molar-refractivity contribution in [2.45, 2.75) is 45.8 Å². The summed E-state index contributed by atoms with van der Waals surface area (Å²) in [5, 5.41) is 3.24. The maximum Gasteiger partial charge on any atom is 0.0801 e. The van der Waals surface area contributed by atoms with Gasteiger partial charge >= 0.3 is 0 Å². The van der Waals surface area contributed by atoms with Gasteiger partial charge in [-0.1, -0.05) is 6.92 Å². The summed E-state index contributed by atoms with van der Waals surface area (Å²) in [6, 6.07) is 0.244. The molecule has 0 heterocycles. The van der Waals surface area contributed by atoms with Crippen LogP contribution < -0.4 is 5.32 Å². The molecule has 14 heavy (non-hydrogen) atoms. The van der Waals surface area contributed by atoms with E-state index in [0.717, 1.165) is 19.6 Å². The molecular formula is C11H25NO2. The topological polar surface area (TPSA) is 30.5 Å². The second-order valence-corrected chi connectivity index (χ2v) is 3.95. The number of likely N-dealkylation sites (N-methyl/N-ethyl adjacent to an activating group) is 1. The van der Waals surface area contributed by atoms with Crippen molar-refractivity contribution >= 4 is 0 Å². The highest BCUT2D eigenvalue weighted by Gasteiger charge is 2.28. The van der Waals surface area contributed by atoms with E-state index in [4.69, 9.17) is 9.47 Å². The highest BCUT2D eigenvalue weighted by atomic mass is 16.5. The molecule has 0 fully saturated rings. The second kappa shape index (κ2) is 7.21. The summed E-state index contributed by atoms with van der Waals surface area (Å²) in [5.74, 6) is 0. The van der Waals surface area contributed by atoms with Crippen LogP contribution in [0.1, 0.15) is 34.1 Å². The molecule has 0 aliphatic carbocycles. The Hall–Kier alpha value is -0.120. The molecule has 0 radical (unpaired) electrons. The van der Waals surface area contributed by atoms with Gasteiger partial charge in [-0.2, -0.15) is 0 Å². The number of hydrogen-bond donors (Lipinski definition) is 1. The van der Waals surface area contributed by atoms with Crippen LogP contribution in [0.3, 0.4) is 0 Å². The van der Waals surface area contributed by atoms with Gasteiger partial charge in [0.15, 0.2) is 0 Å². The summed E-state index contributed by atoms with van der Waals surface area (Å²) in [7, 11) is 1.95. The van der Waals surface area contributed by atoms with E-state index < -0.39 is 0 Å². The van der Waals surface area contributed by atoms with Gasteiger partial charge in [0.1, 0.15) is 0 Å². The predicted molar refractivity (Wildman–Crippen MR) is 59.7 cm³/mol. The van der Waals surface area contributed by atoms with Gasteiger partial charge in [-0.3, -0.25) is 0 Å². The van der Waals surface area contributed by atoms with Crippen molar-refractivity contribution in [3.8, 4) is 0 Å². The Balaban J connectivity index is 3.96. The van der Waals surface area contributed by atoms with Crippen LogP contribution in [-0.4, -0.2) is 38.5 Å². The Bertz CT molecular complexity index is 137. The largest absolute Gasteiger partial charge is 0.380 e. The molecule has 0 aromatic heterocycles. The summed E-state index contributed by atoms with van der Waals surface area (Å²) in [6.07, 6.45) is 1.06. The lowest BCUT2D eigenvalue weighted by Crippen LogP contribution is -2.50. The highest BCUT2D eigenvalue weighted by Crippen LogP contribution is 2.15. The quantitative estimate of drug-likeness (QED) is 0.610. The van der Waals surface area contributed by atoms with E-state index in [0.29, 0.717) is 6.61 Å². The summed E-state index contributed by atoms with van der Waals surface area (Å²) in [4.78, 5) is 0. The van der Waals surface area contributed by atoms with E-state index in [2.05, 4.69) is 26.1 Å². The van der Waals surface area contributed by atoms with E-state index in [1.807, 2.05) is 14.0 Å². The van der Waals surface area contributed by atoms with Crippen molar-refractivity contribution in [2.24, 2.45) is 0 Å². The molecule has 0 aliphatic rings. The van der Waals surface area contributed by atoms with Crippen LogP contribution in [-0.2, 0) is 9.47 Å². The SMILES string of the molecule is CCCOCC(NC)C(C)(C)OCC. The monoisotopic (exact) mass is 203 g/mol. The van der Waals surface area contributed by atoms with Gasteiger partial charge in [-0.05, 0) is 34.2 Å². The molecule has 3 heteroatoms. The van der Waals surface area contributed by atoms with Gasteiger partial charge in [0.25, 0.3) is 0 Å². The molecule has 1 unspecified atom stereocenters. The first-order valence-electron chi connectivity index (χ1n) is 5.47. The molecular weight excluding hydrogens is 178 g/mol. The van der Waals surface area contributed by atoms with E-state index in [9.17, 15) is 0 Å². The lowest BCUT2D eigenvalue weighted by atomic mass is 9.99. The summed E-state index contributed by atoms with van der Waals surface area (Å²) in [6.45, 7) is 10.6. The molecule has 0 spiro atoms. The van der Waals surface area contributed by atoms with Crippen molar-refractivity contribution in [3.63, 3.8) is 0 Å². The molecule has 0 aliphatic heterocycles. The van der Waals surface area contributed by atoms with E-state index in [-0.39, 0.29) is 11.6 Å². The number of nitrogens with one attached hydrogen (secondary N) is 1. The van der Waals surface area contributed by atoms with Crippen LogP contribution in [0.4, 0.5) is 0 Å². The normalized spacial score (nSPS) is 14.4. The minimum Gasteiger partial charge on any atom is -0.380 e. The van der Waals surface area contributed by atoms with Crippen molar-refractivity contribution in [1.29, 1.82) is 0 Å². The summed E-state index contributed by atoms with van der Waals surface area (Å²) in [5.41, 5.74) is -0.169. The maximum atomic E-state index is 5.67. The Morgan fingerprint density at radius 1 is 1.29 bits per heavy atom. The first-order chi connectivity index (χ1) is 6.58. The zero-order chi connectivity index (χ0) is 11.0. The molecule has 1 N–H and O–H groups in total. The van der Waals surface area contributed by atoms with Crippen LogP contribution >= 0.6 is 0 Å². The molecule has 0 aromatic rings. The lowest BCUT2D eigenvalue weighted by Gasteiger charge is -2.33. The van der Waals surface area contributed by atoms with Crippen LogP contribution in [0.25, 0.3) is 0 Å². The van der Waals surface area contributed by atoms with Gasteiger partial charge < -0.3 is 14.8 Å². The van der Waals surface area contributed by atoms with Crippen molar-refractivity contribution in [1.82, 2.24) is 5.32 Å². The van der Waals surface area contributed by atoms with Crippen LogP contribution in [0.5, 0.6) is 0 Å². The minimum atomic E-state index is -0.169. The predicted octanol–water partition coefficient (Wildman–Crippen LogP) is 1.82. The van der Waals surface area contributed by atoms with E-state index >= 15 is 0 Å². The molecule has 0 rings (SSSR count). The van der Waals surface area contributed by atoms with Gasteiger partial charge in [0.2, 0.25) is 0 Å². The van der Waals surface area contributed by atoms with E-state index in [1.165, 1.54) is 0 Å². The Labute approximate surface area is 88.2 Å². The smallest absolute Gasteiger partial charge is 0.0801 e. The fraction of sp³-hybridized carbons (Fsp3) is 1.00.